The highest BCUT2D eigenvalue weighted by molar-refractivity contribution is 5.93. The summed E-state index contributed by atoms with van der Waals surface area (Å²) < 4.78 is 0. The van der Waals surface area contributed by atoms with Crippen LogP contribution in [0.4, 0.5) is 0 Å². The quantitative estimate of drug-likeness (QED) is 0.158. The number of aromatic nitrogens is 7. The van der Waals surface area contributed by atoms with Gasteiger partial charge in [-0.2, -0.15) is 0 Å². The van der Waals surface area contributed by atoms with Crippen molar-refractivity contribution in [1.82, 2.24) is 34.9 Å². The third kappa shape index (κ3) is 5.98. The molecule has 0 unspecified atom stereocenters. The van der Waals surface area contributed by atoms with E-state index >= 15 is 0 Å². The van der Waals surface area contributed by atoms with E-state index in [2.05, 4.69) is 66.7 Å². The first-order chi connectivity index (χ1) is 31.7. The summed E-state index contributed by atoms with van der Waals surface area (Å²) in [6, 6.07) is 59.1. The van der Waals surface area contributed by atoms with Gasteiger partial charge >= 0.3 is 0 Å². The third-order valence-corrected chi connectivity index (χ3v) is 14.6. The van der Waals surface area contributed by atoms with E-state index in [0.717, 1.165) is 56.5 Å². The van der Waals surface area contributed by atoms with E-state index in [1.165, 1.54) is 54.4 Å². The Bertz CT molecular complexity index is 3080. The zero-order chi connectivity index (χ0) is 42.2. The van der Waals surface area contributed by atoms with Gasteiger partial charge < -0.3 is 0 Å². The molecule has 5 aliphatic carbocycles. The van der Waals surface area contributed by atoms with E-state index in [9.17, 15) is 0 Å². The zero-order valence-electron chi connectivity index (χ0n) is 35.2. The van der Waals surface area contributed by atoms with Gasteiger partial charge in [-0.1, -0.05) is 152 Å². The summed E-state index contributed by atoms with van der Waals surface area (Å²) in [7, 11) is 0. The van der Waals surface area contributed by atoms with Gasteiger partial charge in [0.2, 0.25) is 0 Å². The summed E-state index contributed by atoms with van der Waals surface area (Å²) in [6.07, 6.45) is 8.41. The minimum atomic E-state index is -0.0946. The standard InChI is InChI=1S/C57H43N7/c1-5-14-37(15-6-1)51-59-52(38-16-7-2-8-17-38)62-55(61-51)42-26-27-58-49(34-42)41-24-25-45-48(33-41)57(43-29-35-28-36(31-43)32-44(57)30-35)47-23-13-22-46(50(45)47)56-63-53(39-18-9-3-10-19-39)60-54(64-56)40-20-11-4-12-21-40/h1-27,33-36,43-44H,28-32H2. The van der Waals surface area contributed by atoms with E-state index < -0.39 is 0 Å². The third-order valence-electron chi connectivity index (χ3n) is 14.6. The van der Waals surface area contributed by atoms with Gasteiger partial charge in [0.1, 0.15) is 0 Å². The van der Waals surface area contributed by atoms with Crippen LogP contribution in [0.5, 0.6) is 0 Å². The van der Waals surface area contributed by atoms with Gasteiger partial charge in [0, 0.05) is 50.6 Å². The molecule has 0 atom stereocenters. The average Bonchev–Trinajstić information content (AvgIpc) is 3.66. The van der Waals surface area contributed by atoms with Crippen molar-refractivity contribution in [1.29, 1.82) is 0 Å². The second-order valence-corrected chi connectivity index (χ2v) is 18.2. The largest absolute Gasteiger partial charge is 0.256 e. The molecule has 7 nitrogen and oxygen atoms in total. The maximum absolute atomic E-state index is 5.28. The summed E-state index contributed by atoms with van der Waals surface area (Å²) in [5, 5.41) is 0. The highest BCUT2D eigenvalue weighted by Crippen LogP contribution is 2.70. The van der Waals surface area contributed by atoms with Crippen LogP contribution < -0.4 is 0 Å². The second-order valence-electron chi connectivity index (χ2n) is 18.2. The molecular formula is C57H43N7. The highest BCUT2D eigenvalue weighted by atomic mass is 15.0. The van der Waals surface area contributed by atoms with Crippen LogP contribution in [0.1, 0.15) is 43.2 Å². The van der Waals surface area contributed by atoms with Crippen LogP contribution in [-0.4, -0.2) is 34.9 Å². The number of nitrogens with zero attached hydrogens (tertiary/aromatic N) is 7. The van der Waals surface area contributed by atoms with Crippen molar-refractivity contribution >= 4 is 0 Å². The lowest BCUT2D eigenvalue weighted by atomic mass is 9.43. The topological polar surface area (TPSA) is 90.2 Å². The Balaban J connectivity index is 0.979. The molecule has 1 spiro atoms. The van der Waals surface area contributed by atoms with Crippen LogP contribution in [0.2, 0.25) is 0 Å². The lowest BCUT2D eigenvalue weighted by molar-refractivity contribution is -0.0399. The molecule has 4 bridgehead atoms. The molecule has 4 saturated carbocycles. The smallest absolute Gasteiger partial charge is 0.164 e. The van der Waals surface area contributed by atoms with Gasteiger partial charge in [0.25, 0.3) is 0 Å². The van der Waals surface area contributed by atoms with Crippen molar-refractivity contribution in [3.8, 4) is 90.7 Å². The molecule has 4 fully saturated rings. The SMILES string of the molecule is c1ccc(-c2nc(-c3ccccc3)nc(-c3ccnc(-c4ccc5c(c4)C4(c6cccc(-c7nc(-c8ccccc8)nc(-c8ccccc8)n7)c6-5)C5CC6CC(C5)CC4C6)c3)n2)cc1. The number of rotatable bonds is 7. The maximum atomic E-state index is 5.28. The zero-order valence-corrected chi connectivity index (χ0v) is 35.2. The minimum absolute atomic E-state index is 0.0946. The molecular weight excluding hydrogens is 783 g/mol. The summed E-state index contributed by atoms with van der Waals surface area (Å²) in [5.74, 6) is 6.74. The summed E-state index contributed by atoms with van der Waals surface area (Å²) in [5.41, 5.74) is 13.1. The maximum Gasteiger partial charge on any atom is 0.164 e. The molecule has 3 heterocycles. The van der Waals surface area contributed by atoms with Crippen LogP contribution >= 0.6 is 0 Å². The molecule has 7 heteroatoms. The monoisotopic (exact) mass is 825 g/mol. The van der Waals surface area contributed by atoms with Crippen LogP contribution in [0.25, 0.3) is 90.7 Å². The molecule has 9 aromatic rings. The van der Waals surface area contributed by atoms with E-state index in [4.69, 9.17) is 34.9 Å². The molecule has 0 N–H and O–H groups in total. The number of fused-ring (bicyclic) bond motifs is 3. The normalized spacial score (nSPS) is 21.2. The van der Waals surface area contributed by atoms with E-state index in [0.29, 0.717) is 46.8 Å². The molecule has 5 aliphatic rings. The van der Waals surface area contributed by atoms with Gasteiger partial charge in [-0.15, -0.1) is 0 Å². The van der Waals surface area contributed by atoms with Gasteiger partial charge in [0.15, 0.2) is 34.9 Å². The van der Waals surface area contributed by atoms with E-state index in [1.807, 2.05) is 109 Å². The number of hydrogen-bond acceptors (Lipinski definition) is 7. The van der Waals surface area contributed by atoms with Gasteiger partial charge in [-0.25, -0.2) is 29.9 Å². The van der Waals surface area contributed by atoms with Crippen molar-refractivity contribution < 1.29 is 0 Å². The molecule has 0 radical (unpaired) electrons. The molecule has 14 rings (SSSR count). The fourth-order valence-corrected chi connectivity index (χ4v) is 12.2. The molecule has 306 valence electrons. The van der Waals surface area contributed by atoms with Crippen LogP contribution in [0.15, 0.2) is 176 Å². The fourth-order valence-electron chi connectivity index (χ4n) is 12.2. The first-order valence-corrected chi connectivity index (χ1v) is 22.6. The molecule has 64 heavy (non-hydrogen) atoms. The lowest BCUT2D eigenvalue weighted by Gasteiger charge is -2.61. The molecule has 0 amide bonds. The Morgan fingerprint density at radius 1 is 0.344 bits per heavy atom. The average molecular weight is 826 g/mol. The van der Waals surface area contributed by atoms with Crippen molar-refractivity contribution in [3.63, 3.8) is 0 Å². The van der Waals surface area contributed by atoms with Crippen LogP contribution in [0.3, 0.4) is 0 Å². The number of hydrogen-bond donors (Lipinski definition) is 0. The molecule has 0 saturated heterocycles. The van der Waals surface area contributed by atoms with E-state index in [-0.39, 0.29) is 5.41 Å². The minimum Gasteiger partial charge on any atom is -0.256 e. The second kappa shape index (κ2) is 14.8. The first-order valence-electron chi connectivity index (χ1n) is 22.6. The highest BCUT2D eigenvalue weighted by Gasteiger charge is 2.62. The van der Waals surface area contributed by atoms with E-state index in [1.54, 1.807) is 0 Å². The molecule has 0 aliphatic heterocycles. The predicted octanol–water partition coefficient (Wildman–Crippen LogP) is 12.8. The van der Waals surface area contributed by atoms with Crippen molar-refractivity contribution in [2.24, 2.45) is 23.7 Å². The van der Waals surface area contributed by atoms with Gasteiger partial charge in [-0.3, -0.25) is 4.98 Å². The number of benzene rings is 6. The van der Waals surface area contributed by atoms with Crippen LogP contribution in [-0.2, 0) is 5.41 Å². The fraction of sp³-hybridized carbons (Fsp3) is 0.175. The Morgan fingerprint density at radius 3 is 1.31 bits per heavy atom. The summed E-state index contributed by atoms with van der Waals surface area (Å²) >= 11 is 0. The Labute approximate surface area is 372 Å². The molecule has 3 aromatic heterocycles. The predicted molar refractivity (Wildman–Crippen MR) is 252 cm³/mol. The molecule has 6 aromatic carbocycles. The van der Waals surface area contributed by atoms with Crippen molar-refractivity contribution in [2.75, 3.05) is 0 Å². The van der Waals surface area contributed by atoms with Crippen molar-refractivity contribution in [2.45, 2.75) is 37.5 Å². The number of pyridine rings is 1. The van der Waals surface area contributed by atoms with Crippen LogP contribution in [0, 0.1) is 23.7 Å². The summed E-state index contributed by atoms with van der Waals surface area (Å²) in [6.45, 7) is 0. The van der Waals surface area contributed by atoms with Gasteiger partial charge in [-0.05, 0) is 96.2 Å². The lowest BCUT2D eigenvalue weighted by Crippen LogP contribution is -2.55. The first kappa shape index (κ1) is 37.1. The Morgan fingerprint density at radius 2 is 0.812 bits per heavy atom. The Hall–Kier alpha value is -7.51. The van der Waals surface area contributed by atoms with Gasteiger partial charge in [0.05, 0.1) is 5.69 Å². The summed E-state index contributed by atoms with van der Waals surface area (Å²) in [4.78, 5) is 35.7. The Kier molecular flexibility index (Phi) is 8.58. The van der Waals surface area contributed by atoms with Crippen molar-refractivity contribution in [3.05, 3.63) is 187 Å².